The number of hydrogen-bond donors (Lipinski definition) is 0. The molecule has 3 atom stereocenters. The van der Waals surface area contributed by atoms with Crippen LogP contribution in [0.1, 0.15) is 20.8 Å². The maximum absolute atomic E-state index is 11.3. The fraction of sp³-hybridized carbons (Fsp3) is 0.889. The van der Waals surface area contributed by atoms with Gasteiger partial charge in [-0.25, -0.2) is 0 Å². The van der Waals surface area contributed by atoms with Gasteiger partial charge in [0.2, 0.25) is 0 Å². The molecule has 0 amide bonds. The summed E-state index contributed by atoms with van der Waals surface area (Å²) in [7, 11) is 0. The third-order valence-electron chi connectivity index (χ3n) is 1.81. The molecule has 1 aliphatic rings. The van der Waals surface area contributed by atoms with Gasteiger partial charge >= 0.3 is 5.97 Å². The zero-order valence-corrected chi connectivity index (χ0v) is 11.0. The number of carbonyl (C=O) groups excluding carboxylic acids is 1. The average Bonchev–Trinajstić information content (AvgIpc) is 2.02. The van der Waals surface area contributed by atoms with Gasteiger partial charge in [0.05, 0.1) is 0 Å². The fourth-order valence-corrected chi connectivity index (χ4v) is 4.24. The fourth-order valence-electron chi connectivity index (χ4n) is 1.25. The largest absolute Gasteiger partial charge is 0.446 e. The lowest BCUT2D eigenvalue weighted by Gasteiger charge is -2.35. The van der Waals surface area contributed by atoms with Crippen molar-refractivity contribution in [1.29, 1.82) is 0 Å². The Morgan fingerprint density at radius 3 is 2.86 bits per heavy atom. The number of rotatable bonds is 2. The number of esters is 1. The molecule has 2 nitrogen and oxygen atoms in total. The summed E-state index contributed by atoms with van der Waals surface area (Å²) in [6.07, 6.45) is 0. The van der Waals surface area contributed by atoms with Crippen molar-refractivity contribution in [2.45, 2.75) is 36.3 Å². The molecule has 0 bridgehead atoms. The molecule has 5 heteroatoms. The molecule has 0 aromatic carbocycles. The zero-order valence-electron chi connectivity index (χ0n) is 8.58. The highest BCUT2D eigenvalue weighted by atomic mass is 35.5. The average molecular weight is 255 g/mol. The summed E-state index contributed by atoms with van der Waals surface area (Å²) in [4.78, 5) is 10.9. The first-order valence-electron chi connectivity index (χ1n) is 4.55. The standard InChI is InChI=1S/C9H15ClO2S2/c1-6-4-13-5-9(3,14-6)12-8(11)7(2)10/h6-7H,4-5H2,1-3H3. The van der Waals surface area contributed by atoms with Gasteiger partial charge in [0.15, 0.2) is 4.93 Å². The van der Waals surface area contributed by atoms with E-state index >= 15 is 0 Å². The van der Waals surface area contributed by atoms with Crippen molar-refractivity contribution >= 4 is 41.1 Å². The molecule has 0 saturated carbocycles. The number of halogens is 1. The molecule has 0 aliphatic carbocycles. The molecule has 1 heterocycles. The molecule has 1 rings (SSSR count). The van der Waals surface area contributed by atoms with Crippen molar-refractivity contribution in [3.05, 3.63) is 0 Å². The normalized spacial score (nSPS) is 35.0. The van der Waals surface area contributed by atoms with Gasteiger partial charge in [-0.1, -0.05) is 6.92 Å². The van der Waals surface area contributed by atoms with Crippen LogP contribution in [0.4, 0.5) is 0 Å². The van der Waals surface area contributed by atoms with E-state index in [2.05, 4.69) is 6.92 Å². The number of alkyl halides is 1. The third kappa shape index (κ3) is 3.55. The van der Waals surface area contributed by atoms with Crippen LogP contribution in [0, 0.1) is 0 Å². The van der Waals surface area contributed by atoms with Crippen molar-refractivity contribution in [1.82, 2.24) is 0 Å². The van der Waals surface area contributed by atoms with Crippen molar-refractivity contribution < 1.29 is 9.53 Å². The van der Waals surface area contributed by atoms with E-state index in [1.807, 2.05) is 18.7 Å². The Balaban J connectivity index is 2.52. The highest BCUT2D eigenvalue weighted by Gasteiger charge is 2.36. The van der Waals surface area contributed by atoms with Crippen LogP contribution < -0.4 is 0 Å². The molecule has 0 radical (unpaired) electrons. The van der Waals surface area contributed by atoms with Gasteiger partial charge in [-0.2, -0.15) is 11.8 Å². The first kappa shape index (κ1) is 12.5. The predicted octanol–water partition coefficient (Wildman–Crippen LogP) is 2.74. The molecule has 82 valence electrons. The molecule has 0 aromatic rings. The second-order valence-corrected chi connectivity index (χ2v) is 7.20. The quantitative estimate of drug-likeness (QED) is 0.559. The lowest BCUT2D eigenvalue weighted by Crippen LogP contribution is -2.38. The summed E-state index contributed by atoms with van der Waals surface area (Å²) in [5.41, 5.74) is 0. The van der Waals surface area contributed by atoms with Crippen LogP contribution in [0.2, 0.25) is 0 Å². The molecule has 3 unspecified atom stereocenters. The summed E-state index contributed by atoms with van der Waals surface area (Å²) in [6, 6.07) is 0. The maximum atomic E-state index is 11.3. The van der Waals surface area contributed by atoms with E-state index in [1.165, 1.54) is 0 Å². The van der Waals surface area contributed by atoms with Crippen molar-refractivity contribution in [3.63, 3.8) is 0 Å². The van der Waals surface area contributed by atoms with Gasteiger partial charge in [0.25, 0.3) is 0 Å². The number of thioether (sulfide) groups is 2. The van der Waals surface area contributed by atoms with E-state index < -0.39 is 10.3 Å². The van der Waals surface area contributed by atoms with Crippen LogP contribution in [0.15, 0.2) is 0 Å². The highest BCUT2D eigenvalue weighted by Crippen LogP contribution is 2.40. The Morgan fingerprint density at radius 2 is 2.36 bits per heavy atom. The second kappa shape index (κ2) is 4.99. The molecular formula is C9H15ClO2S2. The molecule has 14 heavy (non-hydrogen) atoms. The minimum absolute atomic E-state index is 0.323. The first-order chi connectivity index (χ1) is 6.43. The van der Waals surface area contributed by atoms with Crippen LogP contribution in [0.25, 0.3) is 0 Å². The van der Waals surface area contributed by atoms with E-state index in [4.69, 9.17) is 16.3 Å². The lowest BCUT2D eigenvalue weighted by atomic mass is 10.4. The Bertz CT molecular complexity index is 223. The molecule has 0 aromatic heterocycles. The van der Waals surface area contributed by atoms with Gasteiger partial charge in [0, 0.05) is 16.8 Å². The summed E-state index contributed by atoms with van der Waals surface area (Å²) < 4.78 is 5.38. The number of carbonyl (C=O) groups is 1. The molecule has 1 aliphatic heterocycles. The summed E-state index contributed by atoms with van der Waals surface area (Å²) in [5.74, 6) is 1.64. The Labute approximate surface area is 98.5 Å². The van der Waals surface area contributed by atoms with Gasteiger partial charge in [-0.05, 0) is 13.8 Å². The summed E-state index contributed by atoms with van der Waals surface area (Å²) in [5, 5.41) is -0.0353. The molecule has 0 N–H and O–H groups in total. The monoisotopic (exact) mass is 254 g/mol. The van der Waals surface area contributed by atoms with Gasteiger partial charge in [-0.3, -0.25) is 4.79 Å². The lowest BCUT2D eigenvalue weighted by molar-refractivity contribution is -0.148. The van der Waals surface area contributed by atoms with Crippen LogP contribution in [-0.4, -0.2) is 33.0 Å². The van der Waals surface area contributed by atoms with Gasteiger partial charge in [-0.15, -0.1) is 23.4 Å². The van der Waals surface area contributed by atoms with Crippen LogP contribution >= 0.6 is 35.1 Å². The minimum atomic E-state index is -0.561. The molecular weight excluding hydrogens is 240 g/mol. The van der Waals surface area contributed by atoms with E-state index in [1.54, 1.807) is 18.7 Å². The van der Waals surface area contributed by atoms with Crippen molar-refractivity contribution in [2.75, 3.05) is 11.5 Å². The van der Waals surface area contributed by atoms with E-state index in [0.29, 0.717) is 5.25 Å². The van der Waals surface area contributed by atoms with Gasteiger partial charge < -0.3 is 4.74 Å². The van der Waals surface area contributed by atoms with Crippen LogP contribution in [-0.2, 0) is 9.53 Å². The Morgan fingerprint density at radius 1 is 1.71 bits per heavy atom. The predicted molar refractivity (Wildman–Crippen MR) is 64.2 cm³/mol. The maximum Gasteiger partial charge on any atom is 0.325 e. The SMILES string of the molecule is CC1CSCC(C)(OC(=O)C(C)Cl)S1. The highest BCUT2D eigenvalue weighted by molar-refractivity contribution is 8.07. The molecule has 0 spiro atoms. The van der Waals surface area contributed by atoms with Crippen molar-refractivity contribution in [2.24, 2.45) is 0 Å². The Hall–Kier alpha value is 0.460. The van der Waals surface area contributed by atoms with Crippen molar-refractivity contribution in [3.8, 4) is 0 Å². The van der Waals surface area contributed by atoms with E-state index in [-0.39, 0.29) is 5.97 Å². The van der Waals surface area contributed by atoms with E-state index in [0.717, 1.165) is 11.5 Å². The van der Waals surface area contributed by atoms with Crippen LogP contribution in [0.3, 0.4) is 0 Å². The van der Waals surface area contributed by atoms with E-state index in [9.17, 15) is 4.79 Å². The topological polar surface area (TPSA) is 26.3 Å². The zero-order chi connectivity index (χ0) is 10.8. The summed E-state index contributed by atoms with van der Waals surface area (Å²) >= 11 is 9.19. The number of hydrogen-bond acceptors (Lipinski definition) is 4. The van der Waals surface area contributed by atoms with Crippen LogP contribution in [0.5, 0.6) is 0 Å². The minimum Gasteiger partial charge on any atom is -0.446 e. The summed E-state index contributed by atoms with van der Waals surface area (Å²) in [6.45, 7) is 5.74. The Kier molecular flexibility index (Phi) is 4.47. The number of ether oxygens (including phenoxy) is 1. The van der Waals surface area contributed by atoms with Gasteiger partial charge in [0.1, 0.15) is 5.38 Å². The third-order valence-corrected chi connectivity index (χ3v) is 5.17. The smallest absolute Gasteiger partial charge is 0.325 e. The molecule has 1 fully saturated rings. The first-order valence-corrected chi connectivity index (χ1v) is 7.02. The second-order valence-electron chi connectivity index (χ2n) is 3.61. The molecule has 1 saturated heterocycles.